The first-order chi connectivity index (χ1) is 21.8. The minimum atomic E-state index is 0. The van der Waals surface area contributed by atoms with Crippen LogP contribution in [0.2, 0.25) is 10.0 Å². The third-order valence-electron chi connectivity index (χ3n) is 8.79. The van der Waals surface area contributed by atoms with E-state index >= 15 is 0 Å². The Hall–Kier alpha value is -1.73. The van der Waals surface area contributed by atoms with Gasteiger partial charge >= 0.3 is 120 Å². The standard InChI is InChI=1S/C17H17.C13H8Cl2.C13H21.2ClH.Zr/c1-10-5-14-9-15-6-11(2)13(4)8-17(15)16(14)7-12(10)3;14-12-5-1-3-10(8-12)7-11-4-2-6-13(15)9-11;1-5-6-7-11-8-9-12(10-11)13(2,3)4;;;/h5,7-8H,9H2,1-4H3;1-6,8-9H;9-11H,5-7H2,1-4H3;2*1H;/q-1;;-1;;;+2/p-2. The van der Waals surface area contributed by atoms with Crippen molar-refractivity contribution in [2.24, 2.45) is 11.3 Å². The van der Waals surface area contributed by atoms with Gasteiger partial charge < -0.3 is 24.8 Å². The summed E-state index contributed by atoms with van der Waals surface area (Å²) in [5, 5.41) is 1.53. The minimum Gasteiger partial charge on any atom is -1.00 e. The van der Waals surface area contributed by atoms with E-state index in [9.17, 15) is 0 Å². The summed E-state index contributed by atoms with van der Waals surface area (Å²) in [5.74, 6) is 0.592. The van der Waals surface area contributed by atoms with E-state index in [4.69, 9.17) is 23.2 Å². The van der Waals surface area contributed by atoms with Crippen LogP contribution >= 0.6 is 23.2 Å². The minimum absolute atomic E-state index is 0. The number of fused-ring (bicyclic) bond motifs is 3. The monoisotopic (exact) mass is 792 g/mol. The molecule has 0 nitrogen and oxygen atoms in total. The number of allylic oxidation sites excluding steroid dienone is 4. The van der Waals surface area contributed by atoms with Crippen molar-refractivity contribution in [1.82, 2.24) is 0 Å². The fraction of sp³-hybridized carbons (Fsp3) is 0.326. The molecule has 1 unspecified atom stereocenters. The van der Waals surface area contributed by atoms with Crippen molar-refractivity contribution in [3.63, 3.8) is 0 Å². The molecule has 0 heterocycles. The average Bonchev–Trinajstić information content (AvgIpc) is 3.62. The smallest absolute Gasteiger partial charge is 1.00 e. The molecule has 6 rings (SSSR count). The van der Waals surface area contributed by atoms with E-state index in [-0.39, 0.29) is 24.8 Å². The van der Waals surface area contributed by atoms with Crippen molar-refractivity contribution in [2.45, 2.75) is 81.1 Å². The maximum Gasteiger partial charge on any atom is -1.00 e. The Kier molecular flexibility index (Phi) is 16.8. The summed E-state index contributed by atoms with van der Waals surface area (Å²) in [6.45, 7) is 17.7. The van der Waals surface area contributed by atoms with Crippen molar-refractivity contribution in [3.05, 3.63) is 151 Å². The van der Waals surface area contributed by atoms with Gasteiger partial charge in [-0.3, -0.25) is 6.08 Å². The first-order valence-corrected chi connectivity index (χ1v) is 18.3. The van der Waals surface area contributed by atoms with Gasteiger partial charge in [0.05, 0.1) is 0 Å². The quantitative estimate of drug-likeness (QED) is 0.177. The summed E-state index contributed by atoms with van der Waals surface area (Å²) < 4.78 is 1.26. The van der Waals surface area contributed by atoms with Crippen molar-refractivity contribution < 1.29 is 49.0 Å². The maximum absolute atomic E-state index is 5.98. The van der Waals surface area contributed by atoms with Crippen LogP contribution in [0, 0.1) is 51.2 Å². The molecule has 2 aliphatic carbocycles. The molecule has 0 bridgehead atoms. The van der Waals surface area contributed by atoms with Crippen molar-refractivity contribution in [1.29, 1.82) is 0 Å². The second kappa shape index (κ2) is 19.0. The molecule has 0 aliphatic heterocycles. The first-order valence-electron chi connectivity index (χ1n) is 16.3. The van der Waals surface area contributed by atoms with E-state index in [2.05, 4.69) is 110 Å². The summed E-state index contributed by atoms with van der Waals surface area (Å²) in [5.41, 5.74) is 15.1. The Bertz CT molecular complexity index is 1670. The molecule has 0 radical (unpaired) electrons. The third kappa shape index (κ3) is 11.4. The van der Waals surface area contributed by atoms with Crippen molar-refractivity contribution in [2.75, 3.05) is 0 Å². The molecule has 0 amide bonds. The molecule has 0 N–H and O–H groups in total. The molecule has 5 heteroatoms. The van der Waals surface area contributed by atoms with E-state index in [1.165, 1.54) is 96.8 Å². The van der Waals surface area contributed by atoms with Crippen LogP contribution < -0.4 is 24.8 Å². The van der Waals surface area contributed by atoms with Gasteiger partial charge in [-0.15, -0.1) is 11.1 Å². The fourth-order valence-corrected chi connectivity index (χ4v) is 6.81. The topological polar surface area (TPSA) is 0 Å². The van der Waals surface area contributed by atoms with Gasteiger partial charge in [0.1, 0.15) is 0 Å². The zero-order chi connectivity index (χ0) is 33.6. The van der Waals surface area contributed by atoms with Crippen LogP contribution in [0.25, 0.3) is 11.1 Å². The van der Waals surface area contributed by atoms with Gasteiger partial charge in [0.2, 0.25) is 0 Å². The van der Waals surface area contributed by atoms with Gasteiger partial charge in [-0.1, -0.05) is 89.8 Å². The summed E-state index contributed by atoms with van der Waals surface area (Å²) in [7, 11) is 0. The van der Waals surface area contributed by atoms with Crippen molar-refractivity contribution in [3.8, 4) is 11.1 Å². The largest absolute Gasteiger partial charge is 1.00 e. The average molecular weight is 796 g/mol. The number of hydrogen-bond acceptors (Lipinski definition) is 0. The predicted molar refractivity (Wildman–Crippen MR) is 197 cm³/mol. The van der Waals surface area contributed by atoms with Crippen LogP contribution in [0.3, 0.4) is 0 Å². The van der Waals surface area contributed by atoms with Gasteiger partial charge in [0, 0.05) is 0 Å². The summed E-state index contributed by atoms with van der Waals surface area (Å²) in [6.07, 6.45) is 12.9. The van der Waals surface area contributed by atoms with Gasteiger partial charge in [0.25, 0.3) is 0 Å². The zero-order valence-corrected chi connectivity index (χ0v) is 34.9. The van der Waals surface area contributed by atoms with Crippen molar-refractivity contribution >= 4 is 26.4 Å². The zero-order valence-electron chi connectivity index (χ0n) is 29.4. The molecular formula is C43H46Cl4Zr-2. The van der Waals surface area contributed by atoms with Gasteiger partial charge in [-0.2, -0.15) is 34.9 Å². The number of aryl methyl sites for hydroxylation is 4. The van der Waals surface area contributed by atoms with Crippen LogP contribution in [0.5, 0.6) is 0 Å². The van der Waals surface area contributed by atoms with E-state index in [0.717, 1.165) is 27.6 Å². The molecule has 48 heavy (non-hydrogen) atoms. The first kappa shape index (κ1) is 42.4. The Morgan fingerprint density at radius 3 is 1.90 bits per heavy atom. The Balaban J connectivity index is 0.000000248. The molecule has 0 saturated heterocycles. The number of halogens is 4. The SMILES string of the molecule is CCCCC1[C-]=CC(C(C)(C)C)=C1.Cc1[c-]c2c(cc1C)-c1cc(C)c(C)cc1C2.Clc1cccc([C](=[Zr+2])c2cccc(Cl)c2)c1.[Cl-].[Cl-]. The van der Waals surface area contributed by atoms with E-state index in [1.807, 2.05) is 36.4 Å². The van der Waals surface area contributed by atoms with Gasteiger partial charge in [-0.25, -0.2) is 6.08 Å². The molecule has 4 aromatic rings. The van der Waals surface area contributed by atoms with Crippen LogP contribution in [-0.4, -0.2) is 3.21 Å². The fourth-order valence-electron chi connectivity index (χ4n) is 5.67. The Morgan fingerprint density at radius 1 is 0.812 bits per heavy atom. The summed E-state index contributed by atoms with van der Waals surface area (Å²) in [6, 6.07) is 26.3. The molecular weight excluding hydrogens is 750 g/mol. The third-order valence-corrected chi connectivity index (χ3v) is 10.7. The maximum atomic E-state index is 5.98. The molecule has 0 aromatic heterocycles. The van der Waals surface area contributed by atoms with Crippen LogP contribution in [0.4, 0.5) is 0 Å². The second-order valence-electron chi connectivity index (χ2n) is 13.6. The molecule has 0 fully saturated rings. The molecule has 4 aromatic carbocycles. The number of benzene rings is 4. The van der Waals surface area contributed by atoms with Crippen LogP contribution in [-0.2, 0) is 30.7 Å². The van der Waals surface area contributed by atoms with Gasteiger partial charge in [-0.05, 0) is 37.0 Å². The summed E-state index contributed by atoms with van der Waals surface area (Å²) in [4.78, 5) is 0. The number of unbranched alkanes of at least 4 members (excludes halogenated alkanes) is 1. The van der Waals surface area contributed by atoms with Crippen LogP contribution in [0.15, 0.2) is 84.5 Å². The molecule has 0 spiro atoms. The molecule has 2 aliphatic rings. The molecule has 252 valence electrons. The number of rotatable bonds is 5. The van der Waals surface area contributed by atoms with E-state index in [0.29, 0.717) is 11.3 Å². The van der Waals surface area contributed by atoms with E-state index < -0.39 is 0 Å². The normalized spacial score (nSPS) is 13.8. The Morgan fingerprint density at radius 2 is 1.38 bits per heavy atom. The van der Waals surface area contributed by atoms with Gasteiger partial charge in [0.15, 0.2) is 0 Å². The second-order valence-corrected chi connectivity index (χ2v) is 15.7. The molecule has 1 atom stereocenters. The van der Waals surface area contributed by atoms with Crippen LogP contribution in [0.1, 0.15) is 91.5 Å². The van der Waals surface area contributed by atoms with E-state index in [1.54, 1.807) is 0 Å². The number of hydrogen-bond donors (Lipinski definition) is 0. The Labute approximate surface area is 327 Å². The molecule has 0 saturated carbocycles. The predicted octanol–water partition coefficient (Wildman–Crippen LogP) is 6.55. The summed E-state index contributed by atoms with van der Waals surface area (Å²) >= 11 is 13.3.